The van der Waals surface area contributed by atoms with E-state index in [1.807, 2.05) is 45.0 Å². The minimum atomic E-state index is -2.75. The largest absolute Gasteiger partial charge is 0.465 e. The first-order valence-electron chi connectivity index (χ1n) is 10.4. The molecule has 3 fully saturated rings. The first-order chi connectivity index (χ1) is 13.4. The molecule has 1 aliphatic carbocycles. The Labute approximate surface area is 168 Å². The Morgan fingerprint density at radius 1 is 1.11 bits per heavy atom. The molecule has 0 aromatic heterocycles. The van der Waals surface area contributed by atoms with Gasteiger partial charge in [-0.1, -0.05) is 56.2 Å². The number of rotatable bonds is 4. The van der Waals surface area contributed by atoms with Gasteiger partial charge in [0.1, 0.15) is 0 Å². The number of allylic oxidation sites excluding steroid dienone is 1. The number of hydrogen-bond acceptors (Lipinski definition) is 3. The van der Waals surface area contributed by atoms with E-state index in [9.17, 15) is 9.36 Å². The fourth-order valence-electron chi connectivity index (χ4n) is 5.25. The van der Waals surface area contributed by atoms with Gasteiger partial charge in [0.2, 0.25) is 7.44 Å². The van der Waals surface area contributed by atoms with Crippen molar-refractivity contribution in [1.29, 1.82) is 0 Å². The minimum Gasteiger partial charge on any atom is -0.465 e. The highest BCUT2D eigenvalue weighted by Gasteiger charge is 2.50. The molecule has 0 amide bonds. The van der Waals surface area contributed by atoms with Gasteiger partial charge in [-0.2, -0.15) is 0 Å². The van der Waals surface area contributed by atoms with Crippen LogP contribution in [-0.4, -0.2) is 48.1 Å². The second kappa shape index (κ2) is 7.78. The molecular formula is C22H31N2O3P. The normalized spacial score (nSPS) is 34.5. The van der Waals surface area contributed by atoms with Crippen LogP contribution in [0.15, 0.2) is 42.2 Å². The number of cyclic esters (lactones) is 1. The van der Waals surface area contributed by atoms with E-state index in [4.69, 9.17) is 4.74 Å². The molecule has 28 heavy (non-hydrogen) atoms. The molecule has 3 aliphatic rings. The molecule has 5 nitrogen and oxygen atoms in total. The van der Waals surface area contributed by atoms with Gasteiger partial charge in [-0.25, -0.2) is 9.34 Å². The van der Waals surface area contributed by atoms with Gasteiger partial charge in [0.05, 0.1) is 12.5 Å². The van der Waals surface area contributed by atoms with Crippen LogP contribution in [0.5, 0.6) is 0 Å². The zero-order valence-electron chi connectivity index (χ0n) is 17.0. The Morgan fingerprint density at radius 2 is 1.71 bits per heavy atom. The molecule has 4 rings (SSSR count). The van der Waals surface area contributed by atoms with E-state index >= 15 is 0 Å². The number of fused-ring (bicyclic) bond motifs is 1. The molecule has 1 aromatic carbocycles. The maximum Gasteiger partial charge on any atom is 0.309 e. The summed E-state index contributed by atoms with van der Waals surface area (Å²) in [6.07, 6.45) is 6.76. The number of ether oxygens (including phenoxy) is 1. The van der Waals surface area contributed by atoms with Crippen LogP contribution in [-0.2, 0) is 14.1 Å². The smallest absolute Gasteiger partial charge is 0.309 e. The summed E-state index contributed by atoms with van der Waals surface area (Å²) in [5.74, 6) is 1.74. The van der Waals surface area contributed by atoms with Crippen molar-refractivity contribution in [2.75, 3.05) is 20.7 Å². The zero-order valence-corrected chi connectivity index (χ0v) is 17.9. The van der Waals surface area contributed by atoms with Gasteiger partial charge in [-0.05, 0) is 32.5 Å². The fourth-order valence-corrected chi connectivity index (χ4v) is 7.91. The summed E-state index contributed by atoms with van der Waals surface area (Å²) < 4.78 is 23.6. The Hall–Kier alpha value is -1.42. The summed E-state index contributed by atoms with van der Waals surface area (Å²) in [5.41, 5.74) is 1.14. The summed E-state index contributed by atoms with van der Waals surface area (Å²) in [6, 6.07) is 10.9. The van der Waals surface area contributed by atoms with Crippen molar-refractivity contribution in [1.82, 2.24) is 9.34 Å². The highest BCUT2D eigenvalue weighted by Crippen LogP contribution is 2.63. The van der Waals surface area contributed by atoms with E-state index in [0.717, 1.165) is 18.4 Å². The predicted octanol–water partition coefficient (Wildman–Crippen LogP) is 4.47. The van der Waals surface area contributed by atoms with E-state index in [-0.39, 0.29) is 23.7 Å². The molecule has 0 radical (unpaired) electrons. The van der Waals surface area contributed by atoms with Crippen LogP contribution < -0.4 is 0 Å². The summed E-state index contributed by atoms with van der Waals surface area (Å²) in [7, 11) is 1.28. The lowest BCUT2D eigenvalue weighted by molar-refractivity contribution is -0.140. The summed E-state index contributed by atoms with van der Waals surface area (Å²) in [5, 5.41) is 0. The third-order valence-corrected chi connectivity index (χ3v) is 10.1. The lowest BCUT2D eigenvalue weighted by atomic mass is 9.80. The Kier molecular flexibility index (Phi) is 5.52. The number of nitrogens with zero attached hydrogens (tertiary/aromatic N) is 2. The van der Waals surface area contributed by atoms with Gasteiger partial charge in [0, 0.05) is 29.7 Å². The van der Waals surface area contributed by atoms with Crippen LogP contribution in [0.25, 0.3) is 0 Å². The van der Waals surface area contributed by atoms with Crippen molar-refractivity contribution in [3.63, 3.8) is 0 Å². The van der Waals surface area contributed by atoms with Crippen molar-refractivity contribution in [2.45, 2.75) is 50.6 Å². The second-order valence-electron chi connectivity index (χ2n) is 8.52. The molecule has 1 aromatic rings. The van der Waals surface area contributed by atoms with Crippen molar-refractivity contribution in [3.8, 4) is 0 Å². The van der Waals surface area contributed by atoms with Crippen LogP contribution >= 0.6 is 7.44 Å². The zero-order chi connectivity index (χ0) is 19.9. The van der Waals surface area contributed by atoms with Crippen molar-refractivity contribution >= 4 is 13.4 Å². The maximum absolute atomic E-state index is 14.0. The first-order valence-corrected chi connectivity index (χ1v) is 12.1. The number of carbonyl (C=O) groups excluding carboxylic acids is 1. The molecule has 5 atom stereocenters. The van der Waals surface area contributed by atoms with E-state index in [1.165, 1.54) is 12.8 Å². The van der Waals surface area contributed by atoms with Crippen molar-refractivity contribution in [3.05, 3.63) is 47.8 Å². The van der Waals surface area contributed by atoms with E-state index in [2.05, 4.69) is 27.5 Å². The van der Waals surface area contributed by atoms with Crippen LogP contribution in [0.3, 0.4) is 0 Å². The van der Waals surface area contributed by atoms with Crippen LogP contribution in [0.4, 0.5) is 0 Å². The first kappa shape index (κ1) is 19.9. The predicted molar refractivity (Wildman–Crippen MR) is 111 cm³/mol. The van der Waals surface area contributed by atoms with E-state index in [0.29, 0.717) is 18.7 Å². The standard InChI is InChI=1S/C22H31N2O3P/c1-16-19(15-27-22(16)25)18(17-9-5-4-6-10-17)13-14-28(26)23(2)20-11-7-8-12-21(20)24(28)3/h4-6,9-10,13-14,16,18-21H,7-8,11-12,15H2,1-3H3/b14-13+/t16-,18+,19+,20+,21+/m0/s1. The number of carbonyl (C=O) groups is 1. The summed E-state index contributed by atoms with van der Waals surface area (Å²) in [4.78, 5) is 12.0. The van der Waals surface area contributed by atoms with Gasteiger partial charge < -0.3 is 4.74 Å². The molecule has 6 heteroatoms. The summed E-state index contributed by atoms with van der Waals surface area (Å²) >= 11 is 0. The molecule has 2 aliphatic heterocycles. The number of esters is 1. The van der Waals surface area contributed by atoms with Crippen LogP contribution in [0.1, 0.15) is 44.1 Å². The lowest BCUT2D eigenvalue weighted by Crippen LogP contribution is -2.37. The maximum atomic E-state index is 14.0. The van der Waals surface area contributed by atoms with Crippen LogP contribution in [0.2, 0.25) is 0 Å². The van der Waals surface area contributed by atoms with Gasteiger partial charge in [0.15, 0.2) is 0 Å². The number of hydrogen-bond donors (Lipinski definition) is 0. The van der Waals surface area contributed by atoms with E-state index in [1.54, 1.807) is 0 Å². The average molecular weight is 402 g/mol. The average Bonchev–Trinajstić information content (AvgIpc) is 3.14. The molecule has 2 heterocycles. The van der Waals surface area contributed by atoms with Crippen LogP contribution in [0, 0.1) is 11.8 Å². The van der Waals surface area contributed by atoms with Crippen molar-refractivity contribution < 1.29 is 14.1 Å². The third kappa shape index (κ3) is 3.28. The van der Waals surface area contributed by atoms with Crippen molar-refractivity contribution in [2.24, 2.45) is 11.8 Å². The SMILES string of the molecule is C[C@@H]1C(=O)OC[C@H]1[C@H](/C=C/P1(=O)N(C)[C@@H]2CCCC[C@H]2N1C)c1ccccc1. The molecular weight excluding hydrogens is 371 g/mol. The highest BCUT2D eigenvalue weighted by molar-refractivity contribution is 7.62. The van der Waals surface area contributed by atoms with E-state index < -0.39 is 7.44 Å². The lowest BCUT2D eigenvalue weighted by Gasteiger charge is -2.28. The molecule has 2 saturated heterocycles. The molecule has 0 bridgehead atoms. The quantitative estimate of drug-likeness (QED) is 0.549. The Morgan fingerprint density at radius 3 is 2.25 bits per heavy atom. The molecule has 0 spiro atoms. The van der Waals surface area contributed by atoms with Gasteiger partial charge in [-0.15, -0.1) is 0 Å². The molecule has 1 saturated carbocycles. The Balaban J connectivity index is 1.65. The fraction of sp³-hybridized carbons (Fsp3) is 0.591. The van der Waals surface area contributed by atoms with Gasteiger partial charge in [0.25, 0.3) is 0 Å². The minimum absolute atomic E-state index is 0.0119. The second-order valence-corrected chi connectivity index (χ2v) is 11.3. The topological polar surface area (TPSA) is 49.9 Å². The molecule has 0 unspecified atom stereocenters. The molecule has 152 valence electrons. The summed E-state index contributed by atoms with van der Waals surface area (Å²) in [6.45, 7) is 2.36. The third-order valence-electron chi connectivity index (χ3n) is 7.12. The van der Waals surface area contributed by atoms with Gasteiger partial charge in [-0.3, -0.25) is 9.36 Å². The highest BCUT2D eigenvalue weighted by atomic mass is 31.2. The monoisotopic (exact) mass is 402 g/mol. The molecule has 0 N–H and O–H groups in total. The number of likely N-dealkylation sites (N-methyl/N-ethyl adjacent to an activating group) is 2. The Bertz CT molecular complexity index is 774. The number of benzene rings is 1. The van der Waals surface area contributed by atoms with Gasteiger partial charge >= 0.3 is 5.97 Å².